The van der Waals surface area contributed by atoms with Crippen LogP contribution in [0, 0.1) is 18.3 Å². The molecular formula is C25H37N3O3. The molecule has 1 aromatic rings. The number of aliphatic hydroxyl groups is 1. The molecule has 1 aliphatic carbocycles. The van der Waals surface area contributed by atoms with Crippen molar-refractivity contribution < 1.29 is 14.7 Å². The molecule has 6 heteroatoms. The number of benzene rings is 1. The fourth-order valence-corrected chi connectivity index (χ4v) is 5.66. The number of aliphatic hydroxyl groups excluding tert-OH is 1. The average molecular weight is 428 g/mol. The number of anilines is 2. The highest BCUT2D eigenvalue weighted by molar-refractivity contribution is 5.92. The summed E-state index contributed by atoms with van der Waals surface area (Å²) >= 11 is 0. The van der Waals surface area contributed by atoms with Gasteiger partial charge in [0.05, 0.1) is 11.5 Å². The monoisotopic (exact) mass is 427 g/mol. The third kappa shape index (κ3) is 4.45. The van der Waals surface area contributed by atoms with Gasteiger partial charge in [-0.25, -0.2) is 0 Å². The number of hydrogen-bond acceptors (Lipinski definition) is 4. The SMILES string of the molecule is Cc1cc(NC(=O)C(C)C)ccc1N1CCC[C@]2(CCN([C@H]3CC[C@H](O)CC3)C2=O)C1. The summed E-state index contributed by atoms with van der Waals surface area (Å²) in [5.74, 6) is 0.304. The number of piperidine rings is 1. The van der Waals surface area contributed by atoms with Gasteiger partial charge in [0, 0.05) is 43.0 Å². The molecule has 170 valence electrons. The lowest BCUT2D eigenvalue weighted by atomic mass is 9.78. The van der Waals surface area contributed by atoms with E-state index in [4.69, 9.17) is 0 Å². The van der Waals surface area contributed by atoms with Crippen LogP contribution in [0.1, 0.15) is 64.4 Å². The minimum Gasteiger partial charge on any atom is -0.393 e. The van der Waals surface area contributed by atoms with Crippen LogP contribution in [-0.2, 0) is 9.59 Å². The number of likely N-dealkylation sites (tertiary alicyclic amines) is 1. The lowest BCUT2D eigenvalue weighted by Gasteiger charge is -2.42. The van der Waals surface area contributed by atoms with Gasteiger partial charge >= 0.3 is 0 Å². The van der Waals surface area contributed by atoms with Crippen LogP contribution >= 0.6 is 0 Å². The molecular weight excluding hydrogens is 390 g/mol. The average Bonchev–Trinajstić information content (AvgIpc) is 3.04. The first-order valence-electron chi connectivity index (χ1n) is 11.9. The molecule has 6 nitrogen and oxygen atoms in total. The van der Waals surface area contributed by atoms with E-state index in [0.29, 0.717) is 11.9 Å². The smallest absolute Gasteiger partial charge is 0.230 e. The summed E-state index contributed by atoms with van der Waals surface area (Å²) in [7, 11) is 0. The number of aryl methyl sites for hydroxylation is 1. The van der Waals surface area contributed by atoms with E-state index in [1.165, 1.54) is 0 Å². The lowest BCUT2D eigenvalue weighted by molar-refractivity contribution is -0.139. The van der Waals surface area contributed by atoms with Gasteiger partial charge < -0.3 is 20.2 Å². The second-order valence-electron chi connectivity index (χ2n) is 10.2. The maximum absolute atomic E-state index is 13.6. The Kier molecular flexibility index (Phi) is 6.29. The van der Waals surface area contributed by atoms with Crippen LogP contribution < -0.4 is 10.2 Å². The van der Waals surface area contributed by atoms with Gasteiger partial charge in [-0.15, -0.1) is 0 Å². The largest absolute Gasteiger partial charge is 0.393 e. The second-order valence-corrected chi connectivity index (χ2v) is 10.2. The van der Waals surface area contributed by atoms with E-state index in [9.17, 15) is 14.7 Å². The van der Waals surface area contributed by atoms with Crippen LogP contribution in [0.5, 0.6) is 0 Å². The summed E-state index contributed by atoms with van der Waals surface area (Å²) in [6, 6.07) is 6.40. The summed E-state index contributed by atoms with van der Waals surface area (Å²) in [6.07, 6.45) is 6.21. The molecule has 1 saturated carbocycles. The number of amides is 2. The molecule has 3 aliphatic rings. The molecule has 1 spiro atoms. The van der Waals surface area contributed by atoms with Gasteiger partial charge in [0.1, 0.15) is 0 Å². The van der Waals surface area contributed by atoms with Crippen LogP contribution in [0.4, 0.5) is 11.4 Å². The molecule has 2 saturated heterocycles. The molecule has 1 atom stereocenters. The number of nitrogens with zero attached hydrogens (tertiary/aromatic N) is 2. The van der Waals surface area contributed by atoms with Crippen molar-refractivity contribution in [2.45, 2.75) is 77.9 Å². The predicted octanol–water partition coefficient (Wildman–Crippen LogP) is 3.71. The number of nitrogens with one attached hydrogen (secondary N) is 1. The first-order chi connectivity index (χ1) is 14.8. The number of rotatable bonds is 4. The summed E-state index contributed by atoms with van der Waals surface area (Å²) in [5, 5.41) is 12.8. The summed E-state index contributed by atoms with van der Waals surface area (Å²) in [5.41, 5.74) is 2.84. The first-order valence-corrected chi connectivity index (χ1v) is 11.9. The van der Waals surface area contributed by atoms with Gasteiger partial charge in [-0.3, -0.25) is 9.59 Å². The normalized spacial score (nSPS) is 29.1. The molecule has 3 fully saturated rings. The van der Waals surface area contributed by atoms with E-state index >= 15 is 0 Å². The van der Waals surface area contributed by atoms with E-state index in [0.717, 1.165) is 81.5 Å². The third-order valence-electron chi connectivity index (χ3n) is 7.56. The van der Waals surface area contributed by atoms with Crippen molar-refractivity contribution in [3.8, 4) is 0 Å². The third-order valence-corrected chi connectivity index (χ3v) is 7.56. The van der Waals surface area contributed by atoms with E-state index in [1.54, 1.807) is 0 Å². The molecule has 2 amide bonds. The Hall–Kier alpha value is -2.08. The number of carbonyl (C=O) groups is 2. The van der Waals surface area contributed by atoms with Crippen molar-refractivity contribution >= 4 is 23.2 Å². The van der Waals surface area contributed by atoms with Gasteiger partial charge in [0.15, 0.2) is 0 Å². The minimum atomic E-state index is -0.273. The van der Waals surface area contributed by atoms with E-state index in [2.05, 4.69) is 28.1 Å². The van der Waals surface area contributed by atoms with Crippen molar-refractivity contribution in [3.05, 3.63) is 23.8 Å². The van der Waals surface area contributed by atoms with Gasteiger partial charge in [-0.2, -0.15) is 0 Å². The van der Waals surface area contributed by atoms with E-state index < -0.39 is 0 Å². The topological polar surface area (TPSA) is 72.9 Å². The first kappa shape index (κ1) is 22.1. The highest BCUT2D eigenvalue weighted by atomic mass is 16.3. The van der Waals surface area contributed by atoms with Gasteiger partial charge in [-0.05, 0) is 75.6 Å². The minimum absolute atomic E-state index is 0.0240. The Morgan fingerprint density at radius 3 is 2.58 bits per heavy atom. The van der Waals surface area contributed by atoms with Crippen molar-refractivity contribution in [3.63, 3.8) is 0 Å². The maximum atomic E-state index is 13.6. The summed E-state index contributed by atoms with van der Waals surface area (Å²) in [6.45, 7) is 8.45. The van der Waals surface area contributed by atoms with Crippen molar-refractivity contribution in [1.82, 2.24) is 4.90 Å². The number of carbonyl (C=O) groups excluding carboxylic acids is 2. The van der Waals surface area contributed by atoms with Crippen molar-refractivity contribution in [1.29, 1.82) is 0 Å². The molecule has 31 heavy (non-hydrogen) atoms. The Morgan fingerprint density at radius 2 is 1.90 bits per heavy atom. The van der Waals surface area contributed by atoms with Crippen LogP contribution in [0.15, 0.2) is 18.2 Å². The molecule has 1 aromatic carbocycles. The van der Waals surface area contributed by atoms with Crippen LogP contribution in [0.3, 0.4) is 0 Å². The molecule has 2 aliphatic heterocycles. The predicted molar refractivity (Wildman–Crippen MR) is 123 cm³/mol. The molecule has 0 bridgehead atoms. The van der Waals surface area contributed by atoms with E-state index in [-0.39, 0.29) is 23.3 Å². The van der Waals surface area contributed by atoms with Gasteiger partial charge in [0.2, 0.25) is 11.8 Å². The van der Waals surface area contributed by atoms with Crippen molar-refractivity contribution in [2.75, 3.05) is 29.9 Å². The molecule has 0 unspecified atom stereocenters. The Labute approximate surface area is 186 Å². The molecule has 2 heterocycles. The zero-order valence-electron chi connectivity index (χ0n) is 19.2. The second kappa shape index (κ2) is 8.81. The zero-order valence-corrected chi connectivity index (χ0v) is 19.2. The molecule has 2 N–H and O–H groups in total. The van der Waals surface area contributed by atoms with Crippen molar-refractivity contribution in [2.24, 2.45) is 11.3 Å². The van der Waals surface area contributed by atoms with E-state index in [1.807, 2.05) is 26.0 Å². The fraction of sp³-hybridized carbons (Fsp3) is 0.680. The number of hydrogen-bond donors (Lipinski definition) is 2. The Bertz CT molecular complexity index is 831. The zero-order chi connectivity index (χ0) is 22.2. The molecule has 0 radical (unpaired) electrons. The lowest BCUT2D eigenvalue weighted by Crippen LogP contribution is -2.50. The quantitative estimate of drug-likeness (QED) is 0.768. The van der Waals surface area contributed by atoms with Gasteiger partial charge in [0.25, 0.3) is 0 Å². The van der Waals surface area contributed by atoms with Gasteiger partial charge in [-0.1, -0.05) is 13.8 Å². The fourth-order valence-electron chi connectivity index (χ4n) is 5.66. The summed E-state index contributed by atoms with van der Waals surface area (Å²) < 4.78 is 0. The molecule has 4 rings (SSSR count). The van der Waals surface area contributed by atoms with Crippen LogP contribution in [0.25, 0.3) is 0 Å². The molecule has 0 aromatic heterocycles. The Morgan fingerprint density at radius 1 is 1.16 bits per heavy atom. The van der Waals surface area contributed by atoms with Crippen LogP contribution in [-0.4, -0.2) is 53.6 Å². The summed E-state index contributed by atoms with van der Waals surface area (Å²) in [4.78, 5) is 30.1. The Balaban J connectivity index is 1.46. The highest BCUT2D eigenvalue weighted by Gasteiger charge is 2.50. The highest BCUT2D eigenvalue weighted by Crippen LogP contribution is 2.44. The van der Waals surface area contributed by atoms with Crippen LogP contribution in [0.2, 0.25) is 0 Å². The maximum Gasteiger partial charge on any atom is 0.230 e. The standard InChI is InChI=1S/C25H37N3O3/c1-17(2)23(30)26-19-5-10-22(18(3)15-19)27-13-4-11-25(16-27)12-14-28(24(25)31)20-6-8-21(29)9-7-20/h5,10,15,17,20-21,29H,4,6-9,11-14,16H2,1-3H3,(H,26,30)/t20-,21-,25-/m0/s1.